The molecule has 0 N–H and O–H groups in total. The van der Waals surface area contributed by atoms with Crippen molar-refractivity contribution in [3.63, 3.8) is 0 Å². The molecular weight excluding hydrogens is 268 g/mol. The van der Waals surface area contributed by atoms with E-state index in [1.54, 1.807) is 14.1 Å². The van der Waals surface area contributed by atoms with Gasteiger partial charge in [0.05, 0.1) is 11.1 Å². The van der Waals surface area contributed by atoms with Gasteiger partial charge in [-0.2, -0.15) is 0 Å². The van der Waals surface area contributed by atoms with Crippen LogP contribution in [0.1, 0.15) is 0 Å². The van der Waals surface area contributed by atoms with Crippen LogP contribution in [0.2, 0.25) is 0 Å². The molecule has 0 saturated heterocycles. The topological polar surface area (TPSA) is 65.6 Å². The molecule has 2 heterocycles. The molecule has 0 aliphatic carbocycles. The van der Waals surface area contributed by atoms with Gasteiger partial charge in [-0.05, 0) is 16.5 Å². The Balaban J connectivity index is 2.43. The normalized spacial score (nSPS) is 11.2. The third-order valence-electron chi connectivity index (χ3n) is 3.09. The summed E-state index contributed by atoms with van der Waals surface area (Å²) in [6.45, 7) is 0. The molecular formula is C12H9F2N5O. The van der Waals surface area contributed by atoms with Gasteiger partial charge in [-0.3, -0.25) is 4.79 Å². The molecule has 3 aromatic rings. The van der Waals surface area contributed by atoms with Crippen LogP contribution in [0.5, 0.6) is 0 Å². The van der Waals surface area contributed by atoms with E-state index in [9.17, 15) is 13.6 Å². The predicted molar refractivity (Wildman–Crippen MR) is 66.9 cm³/mol. The lowest BCUT2D eigenvalue weighted by Gasteiger charge is -2.08. The molecule has 102 valence electrons. The number of benzene rings is 1. The molecule has 0 spiro atoms. The Morgan fingerprint density at radius 2 is 1.85 bits per heavy atom. The number of hydrogen-bond donors (Lipinski definition) is 0. The largest absolute Gasteiger partial charge is 0.349 e. The molecule has 0 aliphatic rings. The minimum atomic E-state index is -1.07. The lowest BCUT2D eigenvalue weighted by atomic mass is 10.1. The van der Waals surface area contributed by atoms with E-state index in [1.165, 1.54) is 15.4 Å². The second-order valence-electron chi connectivity index (χ2n) is 4.39. The fraction of sp³-hybridized carbons (Fsp3) is 0.167. The maximum absolute atomic E-state index is 13.3. The first-order chi connectivity index (χ1) is 9.49. The fourth-order valence-corrected chi connectivity index (χ4v) is 2.09. The summed E-state index contributed by atoms with van der Waals surface area (Å²) in [4.78, 5) is 12.4. The number of hydrogen-bond acceptors (Lipinski definition) is 4. The van der Waals surface area contributed by atoms with Crippen LogP contribution in [0, 0.1) is 11.6 Å². The molecule has 0 amide bonds. The van der Waals surface area contributed by atoms with Gasteiger partial charge in [-0.15, -0.1) is 5.10 Å². The van der Waals surface area contributed by atoms with E-state index in [0.29, 0.717) is 5.52 Å². The van der Waals surface area contributed by atoms with E-state index in [0.717, 1.165) is 12.1 Å². The van der Waals surface area contributed by atoms with Gasteiger partial charge in [-0.1, -0.05) is 0 Å². The van der Waals surface area contributed by atoms with Crippen molar-refractivity contribution >= 4 is 10.9 Å². The van der Waals surface area contributed by atoms with E-state index in [-0.39, 0.29) is 16.8 Å². The van der Waals surface area contributed by atoms with Crippen molar-refractivity contribution in [3.8, 4) is 11.4 Å². The lowest BCUT2D eigenvalue weighted by molar-refractivity contribution is 0.510. The van der Waals surface area contributed by atoms with Crippen LogP contribution in [-0.4, -0.2) is 24.8 Å². The van der Waals surface area contributed by atoms with Crippen molar-refractivity contribution in [2.45, 2.75) is 0 Å². The molecule has 0 aliphatic heterocycles. The third-order valence-corrected chi connectivity index (χ3v) is 3.09. The average molecular weight is 277 g/mol. The molecule has 20 heavy (non-hydrogen) atoms. The third kappa shape index (κ3) is 1.68. The molecule has 8 heteroatoms. The summed E-state index contributed by atoms with van der Waals surface area (Å²) in [5.41, 5.74) is 0.0705. The Labute approximate surface area is 111 Å². The summed E-state index contributed by atoms with van der Waals surface area (Å²) >= 11 is 0. The van der Waals surface area contributed by atoms with Crippen molar-refractivity contribution in [2.75, 3.05) is 0 Å². The maximum Gasteiger partial charge on any atom is 0.200 e. The van der Waals surface area contributed by atoms with E-state index >= 15 is 0 Å². The number of tetrazole rings is 1. The van der Waals surface area contributed by atoms with Gasteiger partial charge in [-0.25, -0.2) is 13.5 Å². The number of aryl methyl sites for hydroxylation is 2. The van der Waals surface area contributed by atoms with Gasteiger partial charge < -0.3 is 4.57 Å². The summed E-state index contributed by atoms with van der Waals surface area (Å²) in [6.07, 6.45) is 1.49. The van der Waals surface area contributed by atoms with Crippen molar-refractivity contribution < 1.29 is 8.78 Å². The van der Waals surface area contributed by atoms with Crippen molar-refractivity contribution in [1.29, 1.82) is 0 Å². The van der Waals surface area contributed by atoms with Gasteiger partial charge in [0.25, 0.3) is 0 Å². The van der Waals surface area contributed by atoms with Gasteiger partial charge in [0.2, 0.25) is 5.43 Å². The molecule has 2 aromatic heterocycles. The highest BCUT2D eigenvalue weighted by Gasteiger charge is 2.16. The summed E-state index contributed by atoms with van der Waals surface area (Å²) in [7, 11) is 3.22. The van der Waals surface area contributed by atoms with Gasteiger partial charge in [0.1, 0.15) is 0 Å². The monoisotopic (exact) mass is 277 g/mol. The Morgan fingerprint density at radius 3 is 2.50 bits per heavy atom. The number of pyridine rings is 1. The molecule has 0 fully saturated rings. The molecule has 0 saturated carbocycles. The Hall–Kier alpha value is -2.64. The smallest absolute Gasteiger partial charge is 0.200 e. The van der Waals surface area contributed by atoms with Crippen LogP contribution >= 0.6 is 0 Å². The molecule has 6 nitrogen and oxygen atoms in total. The van der Waals surface area contributed by atoms with Gasteiger partial charge >= 0.3 is 0 Å². The number of fused-ring (bicyclic) bond motifs is 1. The quantitative estimate of drug-likeness (QED) is 0.665. The fourth-order valence-electron chi connectivity index (χ4n) is 2.09. The number of nitrogens with zero attached hydrogens (tertiary/aromatic N) is 5. The summed E-state index contributed by atoms with van der Waals surface area (Å²) in [6, 6.07) is 1.88. The Morgan fingerprint density at radius 1 is 1.15 bits per heavy atom. The number of aromatic nitrogens is 5. The zero-order valence-electron chi connectivity index (χ0n) is 10.6. The zero-order valence-corrected chi connectivity index (χ0v) is 10.6. The highest BCUT2D eigenvalue weighted by Crippen LogP contribution is 2.19. The first-order valence-corrected chi connectivity index (χ1v) is 5.70. The van der Waals surface area contributed by atoms with Crippen molar-refractivity contribution in [1.82, 2.24) is 24.8 Å². The molecule has 0 unspecified atom stereocenters. The Bertz CT molecular complexity index is 883. The zero-order chi connectivity index (χ0) is 14.4. The van der Waals surface area contributed by atoms with Crippen molar-refractivity contribution in [3.05, 3.63) is 40.2 Å². The molecule has 0 bridgehead atoms. The van der Waals surface area contributed by atoms with Crippen molar-refractivity contribution in [2.24, 2.45) is 14.1 Å². The van der Waals surface area contributed by atoms with E-state index in [2.05, 4.69) is 15.5 Å². The molecule has 0 atom stereocenters. The second-order valence-corrected chi connectivity index (χ2v) is 4.39. The minimum absolute atomic E-state index is 0.0758. The minimum Gasteiger partial charge on any atom is -0.349 e. The highest BCUT2D eigenvalue weighted by atomic mass is 19.2. The standard InChI is InChI=1S/C12H9F2N5O/c1-18-5-7(12-15-16-17-19(12)2)11(20)6-3-8(13)9(14)4-10(6)18/h3-5H,1-2H3. The van der Waals surface area contributed by atoms with Crippen LogP contribution in [0.3, 0.4) is 0 Å². The van der Waals surface area contributed by atoms with Crippen LogP contribution in [-0.2, 0) is 14.1 Å². The van der Waals surface area contributed by atoms with Crippen LogP contribution in [0.4, 0.5) is 8.78 Å². The average Bonchev–Trinajstić information content (AvgIpc) is 2.82. The van der Waals surface area contributed by atoms with E-state index in [1.807, 2.05) is 0 Å². The van der Waals surface area contributed by atoms with Crippen LogP contribution < -0.4 is 5.43 Å². The number of halogens is 2. The SMILES string of the molecule is Cn1nnnc1-c1cn(C)c2cc(F)c(F)cc2c1=O. The van der Waals surface area contributed by atoms with E-state index < -0.39 is 17.1 Å². The van der Waals surface area contributed by atoms with Gasteiger partial charge in [0, 0.05) is 31.7 Å². The van der Waals surface area contributed by atoms with Crippen LogP contribution in [0.15, 0.2) is 23.1 Å². The summed E-state index contributed by atoms with van der Waals surface area (Å²) in [5, 5.41) is 10.9. The molecule has 1 aromatic carbocycles. The Kier molecular flexibility index (Phi) is 2.60. The first-order valence-electron chi connectivity index (χ1n) is 5.70. The summed E-state index contributed by atoms with van der Waals surface area (Å²) < 4.78 is 29.5. The lowest BCUT2D eigenvalue weighted by Crippen LogP contribution is -2.13. The van der Waals surface area contributed by atoms with Crippen LogP contribution in [0.25, 0.3) is 22.3 Å². The van der Waals surface area contributed by atoms with Gasteiger partial charge in [0.15, 0.2) is 17.5 Å². The maximum atomic E-state index is 13.3. The predicted octanol–water partition coefficient (Wildman–Crippen LogP) is 1.01. The summed E-state index contributed by atoms with van der Waals surface area (Å²) in [5.74, 6) is -1.80. The number of rotatable bonds is 1. The first kappa shape index (κ1) is 12.4. The molecule has 0 radical (unpaired) electrons. The molecule has 3 rings (SSSR count). The second kappa shape index (κ2) is 4.19. The van der Waals surface area contributed by atoms with E-state index in [4.69, 9.17) is 0 Å². The highest BCUT2D eigenvalue weighted by molar-refractivity contribution is 5.83.